The Morgan fingerprint density at radius 2 is 1.81 bits per heavy atom. The average Bonchev–Trinajstić information content (AvgIpc) is 3.32. The third-order valence-corrected chi connectivity index (χ3v) is 4.56. The standard InChI is InChI=1S/C24H28N4O4/c1-2-3-15-31-21-10-8-19(9-11-21)24(30)25-18-23(29)27-20-6-4-7-22(17-20)32-16-14-28-13-5-12-26-28/h4-13,17H,2-3,14-16,18H2,1H3,(H,25,30)(H,27,29). The van der Waals surface area contributed by atoms with Crippen LogP contribution in [0.15, 0.2) is 67.0 Å². The molecule has 3 rings (SSSR count). The summed E-state index contributed by atoms with van der Waals surface area (Å²) in [7, 11) is 0. The number of amides is 2. The maximum Gasteiger partial charge on any atom is 0.251 e. The van der Waals surface area contributed by atoms with Crippen LogP contribution < -0.4 is 20.1 Å². The van der Waals surface area contributed by atoms with Crippen molar-refractivity contribution >= 4 is 17.5 Å². The summed E-state index contributed by atoms with van der Waals surface area (Å²) >= 11 is 0. The molecule has 2 N–H and O–H groups in total. The van der Waals surface area contributed by atoms with Crippen LogP contribution in [0.1, 0.15) is 30.1 Å². The number of hydrogen-bond acceptors (Lipinski definition) is 5. The van der Waals surface area contributed by atoms with Crippen molar-refractivity contribution in [1.82, 2.24) is 15.1 Å². The zero-order valence-electron chi connectivity index (χ0n) is 18.1. The van der Waals surface area contributed by atoms with Gasteiger partial charge in [-0.3, -0.25) is 14.3 Å². The number of unbranched alkanes of at least 4 members (excludes halogenated alkanes) is 1. The lowest BCUT2D eigenvalue weighted by atomic mass is 10.2. The maximum atomic E-state index is 12.3. The Morgan fingerprint density at radius 3 is 2.56 bits per heavy atom. The Morgan fingerprint density at radius 1 is 1.00 bits per heavy atom. The van der Waals surface area contributed by atoms with Crippen LogP contribution in [0.2, 0.25) is 0 Å². The van der Waals surface area contributed by atoms with Crippen LogP contribution in [-0.4, -0.2) is 41.4 Å². The molecule has 0 spiro atoms. The Hall–Kier alpha value is -3.81. The van der Waals surface area contributed by atoms with Gasteiger partial charge < -0.3 is 20.1 Å². The van der Waals surface area contributed by atoms with Crippen LogP contribution in [0.5, 0.6) is 11.5 Å². The van der Waals surface area contributed by atoms with Gasteiger partial charge in [0.1, 0.15) is 18.1 Å². The first-order chi connectivity index (χ1) is 15.6. The van der Waals surface area contributed by atoms with E-state index >= 15 is 0 Å². The summed E-state index contributed by atoms with van der Waals surface area (Å²) in [5, 5.41) is 9.50. The van der Waals surface area contributed by atoms with Crippen LogP contribution in [0.4, 0.5) is 5.69 Å². The van der Waals surface area contributed by atoms with E-state index in [9.17, 15) is 9.59 Å². The molecule has 0 saturated carbocycles. The van der Waals surface area contributed by atoms with E-state index in [1.165, 1.54) is 0 Å². The van der Waals surface area contributed by atoms with E-state index in [1.807, 2.05) is 18.3 Å². The molecular weight excluding hydrogens is 408 g/mol. The van der Waals surface area contributed by atoms with Gasteiger partial charge in [0.15, 0.2) is 0 Å². The third-order valence-electron chi connectivity index (χ3n) is 4.56. The summed E-state index contributed by atoms with van der Waals surface area (Å²) < 4.78 is 13.1. The smallest absolute Gasteiger partial charge is 0.251 e. The zero-order chi connectivity index (χ0) is 22.6. The van der Waals surface area contributed by atoms with Gasteiger partial charge in [-0.2, -0.15) is 5.10 Å². The fraction of sp³-hybridized carbons (Fsp3) is 0.292. The zero-order valence-corrected chi connectivity index (χ0v) is 18.1. The van der Waals surface area contributed by atoms with E-state index in [1.54, 1.807) is 53.3 Å². The molecule has 1 aromatic heterocycles. The molecular formula is C24H28N4O4. The predicted octanol–water partition coefficient (Wildman–Crippen LogP) is 3.51. The van der Waals surface area contributed by atoms with Crippen molar-refractivity contribution < 1.29 is 19.1 Å². The summed E-state index contributed by atoms with van der Waals surface area (Å²) in [5.41, 5.74) is 1.06. The number of carbonyl (C=O) groups is 2. The third kappa shape index (κ3) is 7.46. The molecule has 3 aromatic rings. The molecule has 168 valence electrons. The monoisotopic (exact) mass is 436 g/mol. The first-order valence-electron chi connectivity index (χ1n) is 10.7. The van der Waals surface area contributed by atoms with E-state index in [2.05, 4.69) is 22.7 Å². The van der Waals surface area contributed by atoms with E-state index in [0.717, 1.165) is 18.6 Å². The van der Waals surface area contributed by atoms with Crippen LogP contribution in [0.25, 0.3) is 0 Å². The van der Waals surface area contributed by atoms with E-state index in [0.29, 0.717) is 36.8 Å². The molecule has 0 bridgehead atoms. The molecule has 0 aliphatic rings. The highest BCUT2D eigenvalue weighted by molar-refractivity contribution is 5.99. The van der Waals surface area contributed by atoms with Crippen molar-refractivity contribution in [3.63, 3.8) is 0 Å². The molecule has 2 aromatic carbocycles. The molecule has 0 fully saturated rings. The van der Waals surface area contributed by atoms with Gasteiger partial charge in [-0.05, 0) is 48.9 Å². The van der Waals surface area contributed by atoms with Gasteiger partial charge in [-0.1, -0.05) is 19.4 Å². The van der Waals surface area contributed by atoms with E-state index < -0.39 is 0 Å². The summed E-state index contributed by atoms with van der Waals surface area (Å²) in [4.78, 5) is 24.5. The summed E-state index contributed by atoms with van der Waals surface area (Å²) in [6.45, 7) is 3.69. The first-order valence-corrected chi connectivity index (χ1v) is 10.7. The topological polar surface area (TPSA) is 94.5 Å². The van der Waals surface area contributed by atoms with Crippen molar-refractivity contribution in [1.29, 1.82) is 0 Å². The lowest BCUT2D eigenvalue weighted by Gasteiger charge is -2.10. The molecule has 0 unspecified atom stereocenters. The van der Waals surface area contributed by atoms with Crippen molar-refractivity contribution in [3.8, 4) is 11.5 Å². The highest BCUT2D eigenvalue weighted by Gasteiger charge is 2.09. The molecule has 8 heteroatoms. The average molecular weight is 437 g/mol. The van der Waals surface area contributed by atoms with Crippen molar-refractivity contribution in [2.75, 3.05) is 25.1 Å². The largest absolute Gasteiger partial charge is 0.494 e. The molecule has 0 saturated heterocycles. The number of nitrogens with one attached hydrogen (secondary N) is 2. The predicted molar refractivity (Wildman–Crippen MR) is 122 cm³/mol. The van der Waals surface area contributed by atoms with Crippen molar-refractivity contribution in [2.45, 2.75) is 26.3 Å². The van der Waals surface area contributed by atoms with Gasteiger partial charge in [-0.15, -0.1) is 0 Å². The van der Waals surface area contributed by atoms with Gasteiger partial charge in [0.05, 0.1) is 19.7 Å². The van der Waals surface area contributed by atoms with Crippen LogP contribution in [-0.2, 0) is 11.3 Å². The lowest BCUT2D eigenvalue weighted by molar-refractivity contribution is -0.115. The highest BCUT2D eigenvalue weighted by Crippen LogP contribution is 2.17. The second-order valence-corrected chi connectivity index (χ2v) is 7.10. The maximum absolute atomic E-state index is 12.3. The fourth-order valence-corrected chi connectivity index (χ4v) is 2.86. The second kappa shape index (κ2) is 12.1. The summed E-state index contributed by atoms with van der Waals surface area (Å²) in [6, 6.07) is 15.8. The number of benzene rings is 2. The highest BCUT2D eigenvalue weighted by atomic mass is 16.5. The Kier molecular flexibility index (Phi) is 8.68. The number of hydrogen-bond donors (Lipinski definition) is 2. The SMILES string of the molecule is CCCCOc1ccc(C(=O)NCC(=O)Nc2cccc(OCCn3cccn3)c2)cc1. The fourth-order valence-electron chi connectivity index (χ4n) is 2.86. The lowest BCUT2D eigenvalue weighted by Crippen LogP contribution is -2.32. The normalized spacial score (nSPS) is 10.4. The molecule has 0 aliphatic carbocycles. The molecule has 32 heavy (non-hydrogen) atoms. The van der Waals surface area contributed by atoms with Gasteiger partial charge >= 0.3 is 0 Å². The van der Waals surface area contributed by atoms with Gasteiger partial charge in [0, 0.05) is 29.7 Å². The van der Waals surface area contributed by atoms with Crippen molar-refractivity contribution in [3.05, 3.63) is 72.6 Å². The minimum atomic E-state index is -0.327. The minimum absolute atomic E-state index is 0.141. The Bertz CT molecular complexity index is 987. The van der Waals surface area contributed by atoms with Crippen LogP contribution in [0, 0.1) is 0 Å². The molecule has 2 amide bonds. The Labute approximate surface area is 187 Å². The quantitative estimate of drug-likeness (QED) is 0.424. The molecule has 0 radical (unpaired) electrons. The minimum Gasteiger partial charge on any atom is -0.494 e. The summed E-state index contributed by atoms with van der Waals surface area (Å²) in [6.07, 6.45) is 5.63. The number of anilines is 1. The summed E-state index contributed by atoms with van der Waals surface area (Å²) in [5.74, 6) is 0.710. The van der Waals surface area contributed by atoms with Crippen molar-refractivity contribution in [2.24, 2.45) is 0 Å². The number of ether oxygens (including phenoxy) is 2. The molecule has 0 atom stereocenters. The van der Waals surface area contributed by atoms with Crippen LogP contribution in [0.3, 0.4) is 0 Å². The first kappa shape index (κ1) is 22.9. The number of rotatable bonds is 12. The van der Waals surface area contributed by atoms with Crippen LogP contribution >= 0.6 is 0 Å². The molecule has 8 nitrogen and oxygen atoms in total. The van der Waals surface area contributed by atoms with E-state index in [-0.39, 0.29) is 18.4 Å². The van der Waals surface area contributed by atoms with Gasteiger partial charge in [0.25, 0.3) is 5.91 Å². The molecule has 0 aliphatic heterocycles. The Balaban J connectivity index is 1.41. The molecule has 1 heterocycles. The second-order valence-electron chi connectivity index (χ2n) is 7.10. The number of nitrogens with zero attached hydrogens (tertiary/aromatic N) is 2. The number of carbonyl (C=O) groups excluding carboxylic acids is 2. The van der Waals surface area contributed by atoms with Gasteiger partial charge in [0.2, 0.25) is 5.91 Å². The van der Waals surface area contributed by atoms with Gasteiger partial charge in [-0.25, -0.2) is 0 Å². The van der Waals surface area contributed by atoms with E-state index in [4.69, 9.17) is 9.47 Å². The number of aromatic nitrogens is 2.